The first-order valence-corrected chi connectivity index (χ1v) is 5.72. The van der Waals surface area contributed by atoms with Crippen molar-refractivity contribution in [1.82, 2.24) is 4.98 Å². The fourth-order valence-corrected chi connectivity index (χ4v) is 2.98. The molecule has 1 saturated heterocycles. The van der Waals surface area contributed by atoms with Crippen molar-refractivity contribution in [1.29, 1.82) is 5.26 Å². The zero-order chi connectivity index (χ0) is 8.39. The fourth-order valence-electron chi connectivity index (χ4n) is 1.37. The van der Waals surface area contributed by atoms with Crippen LogP contribution in [0.1, 0.15) is 17.3 Å². The average molecular weight is 226 g/mol. The summed E-state index contributed by atoms with van der Waals surface area (Å²) >= 11 is 0.194. The Morgan fingerprint density at radius 2 is 2.25 bits per heavy atom. The van der Waals surface area contributed by atoms with Crippen molar-refractivity contribution in [2.75, 3.05) is 18.0 Å². The summed E-state index contributed by atoms with van der Waals surface area (Å²) in [7, 11) is 0. The normalized spacial score (nSPS) is 16.4. The molecule has 1 aliphatic heterocycles. The number of aromatic nitrogens is 1. The van der Waals surface area contributed by atoms with Gasteiger partial charge < -0.3 is 0 Å². The molecule has 0 saturated carbocycles. The van der Waals surface area contributed by atoms with Crippen molar-refractivity contribution < 1.29 is 0 Å². The van der Waals surface area contributed by atoms with Crippen LogP contribution < -0.4 is 4.90 Å². The molecule has 1 aromatic heterocycles. The van der Waals surface area contributed by atoms with Gasteiger partial charge in [0.05, 0.1) is 0 Å². The Kier molecular flexibility index (Phi) is 2.16. The number of nitrogens with zero attached hydrogens (tertiary/aromatic N) is 3. The van der Waals surface area contributed by atoms with E-state index in [0.29, 0.717) is 0 Å². The predicted octanol–water partition coefficient (Wildman–Crippen LogP) is 0.610. The molecule has 1 aliphatic rings. The second-order valence-corrected chi connectivity index (χ2v) is 4.93. The Morgan fingerprint density at radius 3 is 2.83 bits per heavy atom. The predicted molar refractivity (Wildman–Crippen MR) is 47.3 cm³/mol. The average Bonchev–Trinajstić information content (AvgIpc) is 2.75. The Morgan fingerprint density at radius 1 is 1.50 bits per heavy atom. The molecule has 3 nitrogen and oxygen atoms in total. The van der Waals surface area contributed by atoms with E-state index in [-0.39, 0.29) is 14.5 Å². The van der Waals surface area contributed by atoms with Crippen LogP contribution in [0.25, 0.3) is 0 Å². The molecule has 0 N–H and O–H groups in total. The summed E-state index contributed by atoms with van der Waals surface area (Å²) in [6.07, 6.45) is 4.27. The van der Waals surface area contributed by atoms with Gasteiger partial charge >= 0.3 is 77.0 Å². The van der Waals surface area contributed by atoms with Crippen LogP contribution in [0, 0.1) is 11.3 Å². The van der Waals surface area contributed by atoms with E-state index in [0.717, 1.165) is 22.2 Å². The van der Waals surface area contributed by atoms with E-state index in [4.69, 9.17) is 5.26 Å². The number of anilines is 1. The number of nitriles is 1. The molecule has 0 amide bonds. The van der Waals surface area contributed by atoms with E-state index in [2.05, 4.69) is 16.0 Å². The summed E-state index contributed by atoms with van der Waals surface area (Å²) in [5.74, 6) is 0. The molecule has 2 rings (SSSR count). The molecule has 62 valence electrons. The first kappa shape index (κ1) is 7.85. The van der Waals surface area contributed by atoms with Crippen LogP contribution in [0.15, 0.2) is 6.20 Å². The maximum atomic E-state index is 8.63. The van der Waals surface area contributed by atoms with E-state index in [1.165, 1.54) is 12.8 Å². The first-order chi connectivity index (χ1) is 5.90. The van der Waals surface area contributed by atoms with Gasteiger partial charge in [-0.05, 0) is 0 Å². The molecule has 1 fully saturated rings. The standard InChI is InChI=1S/C8H9N3Se/c9-5-7-6-10-8(12-7)11-3-1-2-4-11/h6H,1-4H2. The van der Waals surface area contributed by atoms with Crippen LogP contribution >= 0.6 is 0 Å². The van der Waals surface area contributed by atoms with E-state index < -0.39 is 0 Å². The van der Waals surface area contributed by atoms with Gasteiger partial charge in [-0.1, -0.05) is 0 Å². The van der Waals surface area contributed by atoms with Crippen LogP contribution in [0.4, 0.5) is 4.69 Å². The van der Waals surface area contributed by atoms with Crippen molar-refractivity contribution in [3.05, 3.63) is 10.6 Å². The van der Waals surface area contributed by atoms with E-state index in [1.54, 1.807) is 6.20 Å². The Balaban J connectivity index is 2.17. The molecule has 0 radical (unpaired) electrons. The number of rotatable bonds is 1. The fraction of sp³-hybridized carbons (Fsp3) is 0.500. The first-order valence-electron chi connectivity index (χ1n) is 4.01. The monoisotopic (exact) mass is 227 g/mol. The van der Waals surface area contributed by atoms with E-state index in [9.17, 15) is 0 Å². The van der Waals surface area contributed by atoms with E-state index >= 15 is 0 Å². The van der Waals surface area contributed by atoms with Gasteiger partial charge in [-0.15, -0.1) is 0 Å². The zero-order valence-corrected chi connectivity index (χ0v) is 8.37. The number of hydrogen-bond donors (Lipinski definition) is 0. The van der Waals surface area contributed by atoms with Crippen LogP contribution in [0.2, 0.25) is 0 Å². The van der Waals surface area contributed by atoms with Gasteiger partial charge in [-0.25, -0.2) is 0 Å². The molecule has 0 unspecified atom stereocenters. The van der Waals surface area contributed by atoms with Crippen molar-refractivity contribution >= 4 is 19.2 Å². The Labute approximate surface area is 77.4 Å². The molecule has 2 heterocycles. The van der Waals surface area contributed by atoms with Crippen molar-refractivity contribution in [2.45, 2.75) is 12.8 Å². The SMILES string of the molecule is N#Cc1cnc(N2CCCC2)[se]1. The third-order valence-corrected chi connectivity index (χ3v) is 4.00. The molecule has 4 heteroatoms. The summed E-state index contributed by atoms with van der Waals surface area (Å²) in [6, 6.07) is 2.16. The molecule has 0 aromatic carbocycles. The molecule has 1 aromatic rings. The summed E-state index contributed by atoms with van der Waals surface area (Å²) in [6.45, 7) is 2.26. The third kappa shape index (κ3) is 1.38. The van der Waals surface area contributed by atoms with Crippen molar-refractivity contribution in [3.63, 3.8) is 0 Å². The molecular formula is C8H9N3Se. The summed E-state index contributed by atoms with van der Waals surface area (Å²) in [5.41, 5.74) is 0. The van der Waals surface area contributed by atoms with Crippen LogP contribution in [0.3, 0.4) is 0 Å². The van der Waals surface area contributed by atoms with Crippen LogP contribution in [-0.4, -0.2) is 32.6 Å². The van der Waals surface area contributed by atoms with Gasteiger partial charge in [0.2, 0.25) is 0 Å². The van der Waals surface area contributed by atoms with Crippen LogP contribution in [0.5, 0.6) is 0 Å². The maximum absolute atomic E-state index is 8.63. The quantitative estimate of drug-likeness (QED) is 0.659. The Hall–Kier alpha value is -0.781. The van der Waals surface area contributed by atoms with E-state index in [1.807, 2.05) is 0 Å². The van der Waals surface area contributed by atoms with Gasteiger partial charge in [0.25, 0.3) is 0 Å². The summed E-state index contributed by atoms with van der Waals surface area (Å²) < 4.78 is 2.00. The zero-order valence-electron chi connectivity index (χ0n) is 6.66. The summed E-state index contributed by atoms with van der Waals surface area (Å²) in [4.78, 5) is 6.56. The third-order valence-electron chi connectivity index (χ3n) is 1.98. The molecular weight excluding hydrogens is 217 g/mol. The van der Waals surface area contributed by atoms with Gasteiger partial charge in [0.1, 0.15) is 0 Å². The minimum atomic E-state index is 0.194. The Bertz CT molecular complexity index is 306. The minimum absolute atomic E-state index is 0.194. The molecule has 12 heavy (non-hydrogen) atoms. The molecule has 0 aliphatic carbocycles. The topological polar surface area (TPSA) is 39.9 Å². The second-order valence-electron chi connectivity index (χ2n) is 2.81. The van der Waals surface area contributed by atoms with Gasteiger partial charge in [-0.3, -0.25) is 0 Å². The number of hydrogen-bond acceptors (Lipinski definition) is 3. The molecule has 0 bridgehead atoms. The van der Waals surface area contributed by atoms with Crippen LogP contribution in [-0.2, 0) is 0 Å². The van der Waals surface area contributed by atoms with Gasteiger partial charge in [-0.2, -0.15) is 0 Å². The summed E-state index contributed by atoms with van der Waals surface area (Å²) in [5, 5.41) is 8.63. The second kappa shape index (κ2) is 3.30. The van der Waals surface area contributed by atoms with Gasteiger partial charge in [0.15, 0.2) is 0 Å². The molecule has 0 atom stereocenters. The van der Waals surface area contributed by atoms with Crippen molar-refractivity contribution in [2.24, 2.45) is 0 Å². The molecule has 0 spiro atoms. The van der Waals surface area contributed by atoms with Crippen molar-refractivity contribution in [3.8, 4) is 6.07 Å². The van der Waals surface area contributed by atoms with Gasteiger partial charge in [0, 0.05) is 0 Å².